The molecule has 0 spiro atoms. The number of hydrogen-bond donors (Lipinski definition) is 1. The number of aromatic nitrogens is 2. The summed E-state index contributed by atoms with van der Waals surface area (Å²) in [5, 5.41) is 10.3. The van der Waals surface area contributed by atoms with E-state index >= 15 is 0 Å². The van der Waals surface area contributed by atoms with Crippen LogP contribution in [0.4, 0.5) is 0 Å². The monoisotopic (exact) mass is 326 g/mol. The van der Waals surface area contributed by atoms with Crippen molar-refractivity contribution >= 4 is 27.0 Å². The normalized spacial score (nSPS) is 11.9. The Kier molecular flexibility index (Phi) is 4.38. The molecular weight excluding hydrogens is 310 g/mol. The maximum atomic E-state index is 12.2. The van der Waals surface area contributed by atoms with Crippen molar-refractivity contribution in [3.63, 3.8) is 0 Å². The molecule has 8 nitrogen and oxygen atoms in total. The van der Waals surface area contributed by atoms with Crippen molar-refractivity contribution in [2.45, 2.75) is 17.7 Å². The molecule has 0 saturated carbocycles. The molecule has 1 heterocycles. The fourth-order valence-corrected chi connectivity index (χ4v) is 3.27. The number of nitrogens with one attached hydrogen (secondary N) is 1. The molecule has 120 valence electrons. The molecule has 2 aromatic rings. The van der Waals surface area contributed by atoms with Crippen LogP contribution in [0, 0.1) is 0 Å². The maximum Gasteiger partial charge on any atom is 0.328 e. The lowest BCUT2D eigenvalue weighted by atomic mass is 10.3. The van der Waals surface area contributed by atoms with Crippen molar-refractivity contribution in [3.05, 3.63) is 28.7 Å². The molecule has 1 aromatic heterocycles. The molecule has 0 unspecified atom stereocenters. The van der Waals surface area contributed by atoms with Gasteiger partial charge in [-0.1, -0.05) is 0 Å². The van der Waals surface area contributed by atoms with Crippen LogP contribution in [0.5, 0.6) is 0 Å². The van der Waals surface area contributed by atoms with Gasteiger partial charge in [-0.25, -0.2) is 17.9 Å². The van der Waals surface area contributed by atoms with Gasteiger partial charge in [-0.15, -0.1) is 0 Å². The second-order valence-electron chi connectivity index (χ2n) is 4.92. The Hall–Kier alpha value is -2.13. The molecule has 1 N–H and O–H groups in total. The second kappa shape index (κ2) is 5.93. The Labute approximate surface area is 127 Å². The summed E-state index contributed by atoms with van der Waals surface area (Å²) < 4.78 is 29.4. The van der Waals surface area contributed by atoms with Crippen LogP contribution in [0.3, 0.4) is 0 Å². The van der Waals surface area contributed by atoms with E-state index in [2.05, 4.69) is 4.72 Å². The number of aryl methyl sites for hydroxylation is 2. The number of hydrogen-bond acceptors (Lipinski definition) is 5. The first kappa shape index (κ1) is 16.2. The SMILES string of the molecule is Cn1c(=O)n(C)c2cc(S(=O)(=O)NCCCC(=O)[O-])ccc21. The molecule has 0 saturated heterocycles. The van der Waals surface area contributed by atoms with Crippen LogP contribution in [0.2, 0.25) is 0 Å². The average Bonchev–Trinajstić information content (AvgIpc) is 2.68. The largest absolute Gasteiger partial charge is 0.550 e. The highest BCUT2D eigenvalue weighted by atomic mass is 32.2. The molecule has 0 fully saturated rings. The smallest absolute Gasteiger partial charge is 0.328 e. The third-order valence-electron chi connectivity index (χ3n) is 3.40. The van der Waals surface area contributed by atoms with Gasteiger partial charge in [0.15, 0.2) is 0 Å². The highest BCUT2D eigenvalue weighted by molar-refractivity contribution is 7.89. The summed E-state index contributed by atoms with van der Waals surface area (Å²) >= 11 is 0. The molecule has 0 bridgehead atoms. The number of nitrogens with zero attached hydrogens (tertiary/aromatic N) is 2. The Morgan fingerprint density at radius 2 is 1.86 bits per heavy atom. The van der Waals surface area contributed by atoms with E-state index in [4.69, 9.17) is 0 Å². The summed E-state index contributed by atoms with van der Waals surface area (Å²) in [6, 6.07) is 4.38. The van der Waals surface area contributed by atoms with Crippen LogP contribution >= 0.6 is 0 Å². The Morgan fingerprint density at radius 3 is 2.50 bits per heavy atom. The number of carbonyl (C=O) groups excluding carboxylic acids is 1. The van der Waals surface area contributed by atoms with Gasteiger partial charge in [0.1, 0.15) is 0 Å². The molecular formula is C13H16N3O5S-. The van der Waals surface area contributed by atoms with Crippen molar-refractivity contribution in [1.29, 1.82) is 0 Å². The van der Waals surface area contributed by atoms with Crippen molar-refractivity contribution in [2.75, 3.05) is 6.54 Å². The summed E-state index contributed by atoms with van der Waals surface area (Å²) in [5.74, 6) is -1.22. The first-order chi connectivity index (χ1) is 10.2. The molecule has 0 amide bonds. The molecule has 22 heavy (non-hydrogen) atoms. The molecule has 2 rings (SSSR count). The van der Waals surface area contributed by atoms with Crippen LogP contribution in [-0.4, -0.2) is 30.1 Å². The quantitative estimate of drug-likeness (QED) is 0.662. The zero-order valence-electron chi connectivity index (χ0n) is 12.2. The number of benzene rings is 1. The van der Waals surface area contributed by atoms with Gasteiger partial charge in [0.2, 0.25) is 10.0 Å². The van der Waals surface area contributed by atoms with Crippen molar-refractivity contribution in [2.24, 2.45) is 14.1 Å². The fraction of sp³-hybridized carbons (Fsp3) is 0.385. The van der Waals surface area contributed by atoms with Crippen LogP contribution in [0.1, 0.15) is 12.8 Å². The van der Waals surface area contributed by atoms with Gasteiger partial charge in [-0.2, -0.15) is 0 Å². The number of carboxylic acids is 1. The Balaban J connectivity index is 2.28. The van der Waals surface area contributed by atoms with Gasteiger partial charge in [0.25, 0.3) is 0 Å². The molecule has 0 aliphatic carbocycles. The number of carbonyl (C=O) groups is 1. The Morgan fingerprint density at radius 1 is 1.23 bits per heavy atom. The average molecular weight is 326 g/mol. The lowest BCUT2D eigenvalue weighted by Gasteiger charge is -2.07. The van der Waals surface area contributed by atoms with Gasteiger partial charge < -0.3 is 9.90 Å². The van der Waals surface area contributed by atoms with Gasteiger partial charge in [0, 0.05) is 26.6 Å². The fourth-order valence-electron chi connectivity index (χ4n) is 2.18. The summed E-state index contributed by atoms with van der Waals surface area (Å²) in [5.41, 5.74) is 0.889. The molecule has 0 atom stereocenters. The second-order valence-corrected chi connectivity index (χ2v) is 6.69. The summed E-state index contributed by atoms with van der Waals surface area (Å²) in [6.07, 6.45) is -0.0671. The van der Waals surface area contributed by atoms with E-state index in [1.807, 2.05) is 0 Å². The molecule has 9 heteroatoms. The van der Waals surface area contributed by atoms with E-state index in [-0.39, 0.29) is 30.0 Å². The summed E-state index contributed by atoms with van der Waals surface area (Å²) in [6.45, 7) is 0.00205. The minimum Gasteiger partial charge on any atom is -0.550 e. The zero-order valence-corrected chi connectivity index (χ0v) is 13.0. The minimum absolute atomic E-state index is 0.00205. The number of carboxylic acid groups (broad SMARTS) is 1. The van der Waals surface area contributed by atoms with Gasteiger partial charge in [-0.3, -0.25) is 9.13 Å². The standard InChI is InChI=1S/C13H17N3O5S/c1-15-10-6-5-9(8-11(10)16(2)13(15)19)22(20,21)14-7-3-4-12(17)18/h5-6,8,14H,3-4,7H2,1-2H3,(H,17,18)/p-1. The van der Waals surface area contributed by atoms with Crippen molar-refractivity contribution in [3.8, 4) is 0 Å². The predicted octanol–water partition coefficient (Wildman–Crippen LogP) is -1.31. The minimum atomic E-state index is -3.76. The van der Waals surface area contributed by atoms with Gasteiger partial charge >= 0.3 is 5.69 Å². The highest BCUT2D eigenvalue weighted by Crippen LogP contribution is 2.17. The highest BCUT2D eigenvalue weighted by Gasteiger charge is 2.16. The van der Waals surface area contributed by atoms with Crippen LogP contribution in [-0.2, 0) is 28.9 Å². The van der Waals surface area contributed by atoms with Crippen LogP contribution in [0.15, 0.2) is 27.9 Å². The number of aliphatic carboxylic acids is 1. The van der Waals surface area contributed by atoms with E-state index in [0.29, 0.717) is 11.0 Å². The first-order valence-corrected chi connectivity index (χ1v) is 8.07. The van der Waals surface area contributed by atoms with Gasteiger partial charge in [-0.05, 0) is 31.0 Å². The van der Waals surface area contributed by atoms with Crippen LogP contribution < -0.4 is 15.5 Å². The van der Waals surface area contributed by atoms with E-state index in [9.17, 15) is 23.1 Å². The first-order valence-electron chi connectivity index (χ1n) is 6.59. The van der Waals surface area contributed by atoms with Crippen LogP contribution in [0.25, 0.3) is 11.0 Å². The van der Waals surface area contributed by atoms with Crippen molar-refractivity contribution in [1.82, 2.24) is 13.9 Å². The molecule has 0 radical (unpaired) electrons. The summed E-state index contributed by atoms with van der Waals surface area (Å²) in [4.78, 5) is 22.1. The Bertz CT molecular complexity index is 879. The van der Waals surface area contributed by atoms with E-state index in [0.717, 1.165) is 0 Å². The lowest BCUT2D eigenvalue weighted by Crippen LogP contribution is -2.27. The van der Waals surface area contributed by atoms with E-state index in [1.54, 1.807) is 20.2 Å². The summed E-state index contributed by atoms with van der Waals surface area (Å²) in [7, 11) is -0.586. The maximum absolute atomic E-state index is 12.2. The number of fused-ring (bicyclic) bond motifs is 1. The third kappa shape index (κ3) is 3.04. The molecule has 1 aromatic carbocycles. The third-order valence-corrected chi connectivity index (χ3v) is 4.86. The topological polar surface area (TPSA) is 113 Å². The number of imidazole rings is 1. The van der Waals surface area contributed by atoms with E-state index < -0.39 is 16.0 Å². The van der Waals surface area contributed by atoms with Crippen molar-refractivity contribution < 1.29 is 18.3 Å². The molecule has 0 aliphatic rings. The number of sulfonamides is 1. The van der Waals surface area contributed by atoms with Gasteiger partial charge in [0.05, 0.1) is 15.9 Å². The predicted molar refractivity (Wildman–Crippen MR) is 77.6 cm³/mol. The molecule has 0 aliphatic heterocycles. The number of rotatable bonds is 6. The zero-order chi connectivity index (χ0) is 16.5. The lowest BCUT2D eigenvalue weighted by molar-refractivity contribution is -0.305. The van der Waals surface area contributed by atoms with E-state index in [1.165, 1.54) is 21.3 Å².